The van der Waals surface area contributed by atoms with Crippen LogP contribution in [-0.2, 0) is 9.53 Å². The van der Waals surface area contributed by atoms with Crippen LogP contribution in [0.5, 0.6) is 0 Å². The summed E-state index contributed by atoms with van der Waals surface area (Å²) < 4.78 is 10.1. The number of esters is 1. The lowest BCUT2D eigenvalue weighted by molar-refractivity contribution is -0.139. The molecule has 1 unspecified atom stereocenters. The summed E-state index contributed by atoms with van der Waals surface area (Å²) in [6.07, 6.45) is 0. The highest BCUT2D eigenvalue weighted by molar-refractivity contribution is 8.00. The Balaban J connectivity index is 2.06. The van der Waals surface area contributed by atoms with Gasteiger partial charge in [-0.1, -0.05) is 17.8 Å². The lowest BCUT2D eigenvalue weighted by Gasteiger charge is -2.04. The summed E-state index contributed by atoms with van der Waals surface area (Å²) in [6.45, 7) is 1.73. The van der Waals surface area contributed by atoms with Crippen LogP contribution >= 0.6 is 23.1 Å². The smallest absolute Gasteiger partial charge is 0.319 e. The molecule has 0 aliphatic carbocycles. The number of carbonyl (C=O) groups is 1. The summed E-state index contributed by atoms with van der Waals surface area (Å²) in [7, 11) is 1.35. The molecule has 0 N–H and O–H groups in total. The zero-order chi connectivity index (χ0) is 12.3. The number of thiophene rings is 1. The van der Waals surface area contributed by atoms with Gasteiger partial charge in [-0.2, -0.15) is 0 Å². The second-order valence-electron chi connectivity index (χ2n) is 3.13. The van der Waals surface area contributed by atoms with E-state index >= 15 is 0 Å². The molecule has 1 atom stereocenters. The van der Waals surface area contributed by atoms with Gasteiger partial charge in [0.15, 0.2) is 0 Å². The van der Waals surface area contributed by atoms with Crippen LogP contribution in [-0.4, -0.2) is 28.5 Å². The molecule has 90 valence electrons. The van der Waals surface area contributed by atoms with Crippen molar-refractivity contribution in [1.29, 1.82) is 0 Å². The standard InChI is InChI=1S/C10H10N2O3S2/c1-6(9(13)14-2)17-10-12-11-8(15-10)7-4-3-5-16-7/h3-6H,1-2H3. The van der Waals surface area contributed by atoms with Gasteiger partial charge in [0.1, 0.15) is 5.25 Å². The van der Waals surface area contributed by atoms with Gasteiger partial charge in [0, 0.05) is 0 Å². The summed E-state index contributed by atoms with van der Waals surface area (Å²) >= 11 is 2.71. The third-order valence-corrected chi connectivity index (χ3v) is 3.72. The summed E-state index contributed by atoms with van der Waals surface area (Å²) in [5.41, 5.74) is 0. The zero-order valence-corrected chi connectivity index (χ0v) is 10.9. The average molecular weight is 270 g/mol. The SMILES string of the molecule is COC(=O)C(C)Sc1nnc(-c2cccs2)o1. The number of rotatable bonds is 4. The highest BCUT2D eigenvalue weighted by Gasteiger charge is 2.19. The molecule has 5 nitrogen and oxygen atoms in total. The third-order valence-electron chi connectivity index (χ3n) is 1.95. The largest absolute Gasteiger partial charge is 0.468 e. The van der Waals surface area contributed by atoms with E-state index in [1.54, 1.807) is 6.92 Å². The van der Waals surface area contributed by atoms with Crippen LogP contribution in [0.1, 0.15) is 6.92 Å². The second kappa shape index (κ2) is 5.33. The van der Waals surface area contributed by atoms with Crippen molar-refractivity contribution in [2.75, 3.05) is 7.11 Å². The Labute approximate surface area is 106 Å². The first kappa shape index (κ1) is 12.1. The van der Waals surface area contributed by atoms with Crippen LogP contribution in [0.3, 0.4) is 0 Å². The van der Waals surface area contributed by atoms with E-state index in [0.717, 1.165) is 4.88 Å². The minimum absolute atomic E-state index is 0.314. The number of hydrogen-bond donors (Lipinski definition) is 0. The molecule has 0 aromatic carbocycles. The molecule has 2 aromatic heterocycles. The summed E-state index contributed by atoms with van der Waals surface area (Å²) in [4.78, 5) is 12.1. The molecule has 17 heavy (non-hydrogen) atoms. The number of hydrogen-bond acceptors (Lipinski definition) is 7. The normalized spacial score (nSPS) is 12.4. The Morgan fingerprint density at radius 3 is 3.06 bits per heavy atom. The average Bonchev–Trinajstić information content (AvgIpc) is 2.97. The maximum Gasteiger partial charge on any atom is 0.319 e. The molecule has 0 saturated heterocycles. The Morgan fingerprint density at radius 1 is 1.59 bits per heavy atom. The summed E-state index contributed by atoms with van der Waals surface area (Å²) in [5, 5.41) is 9.73. The minimum Gasteiger partial charge on any atom is -0.468 e. The number of methoxy groups -OCH3 is 1. The monoisotopic (exact) mass is 270 g/mol. The molecule has 2 heterocycles. The minimum atomic E-state index is -0.364. The van der Waals surface area contributed by atoms with Crippen molar-refractivity contribution in [3.05, 3.63) is 17.5 Å². The number of carbonyl (C=O) groups excluding carboxylic acids is 1. The number of thioether (sulfide) groups is 1. The van der Waals surface area contributed by atoms with Crippen molar-refractivity contribution in [3.63, 3.8) is 0 Å². The third kappa shape index (κ3) is 2.86. The maximum absolute atomic E-state index is 11.2. The van der Waals surface area contributed by atoms with Gasteiger partial charge < -0.3 is 9.15 Å². The summed E-state index contributed by atoms with van der Waals surface area (Å²) in [6, 6.07) is 3.81. The van der Waals surface area contributed by atoms with E-state index in [9.17, 15) is 4.79 Å². The van der Waals surface area contributed by atoms with Gasteiger partial charge in [-0.3, -0.25) is 4.79 Å². The molecular weight excluding hydrogens is 260 g/mol. The quantitative estimate of drug-likeness (QED) is 0.628. The van der Waals surface area contributed by atoms with Crippen LogP contribution in [0.2, 0.25) is 0 Å². The molecular formula is C10H10N2O3S2. The van der Waals surface area contributed by atoms with Gasteiger partial charge in [-0.15, -0.1) is 21.5 Å². The number of ether oxygens (including phenoxy) is 1. The molecule has 0 bridgehead atoms. The predicted octanol–water partition coefficient (Wildman–Crippen LogP) is 2.45. The van der Waals surface area contributed by atoms with Crippen LogP contribution in [0.4, 0.5) is 0 Å². The van der Waals surface area contributed by atoms with Crippen molar-refractivity contribution in [2.45, 2.75) is 17.4 Å². The van der Waals surface area contributed by atoms with Crippen molar-refractivity contribution < 1.29 is 13.9 Å². The molecule has 0 fully saturated rings. The van der Waals surface area contributed by atoms with E-state index in [2.05, 4.69) is 14.9 Å². The Bertz CT molecular complexity index is 495. The number of aromatic nitrogens is 2. The Kier molecular flexibility index (Phi) is 3.80. The Hall–Kier alpha value is -1.34. The van der Waals surface area contributed by atoms with E-state index in [0.29, 0.717) is 11.1 Å². The molecule has 0 amide bonds. The summed E-state index contributed by atoms with van der Waals surface area (Å²) in [5.74, 6) is 0.158. The van der Waals surface area contributed by atoms with Crippen molar-refractivity contribution in [2.24, 2.45) is 0 Å². The van der Waals surface area contributed by atoms with Gasteiger partial charge in [-0.05, 0) is 18.4 Å². The zero-order valence-electron chi connectivity index (χ0n) is 9.25. The van der Waals surface area contributed by atoms with Crippen LogP contribution in [0.25, 0.3) is 10.8 Å². The maximum atomic E-state index is 11.2. The van der Waals surface area contributed by atoms with Gasteiger partial charge in [0.25, 0.3) is 11.1 Å². The molecule has 0 aliphatic heterocycles. The van der Waals surface area contributed by atoms with E-state index in [-0.39, 0.29) is 11.2 Å². The fourth-order valence-electron chi connectivity index (χ4n) is 1.12. The number of nitrogens with zero attached hydrogens (tertiary/aromatic N) is 2. The molecule has 0 spiro atoms. The molecule has 2 aromatic rings. The lowest BCUT2D eigenvalue weighted by atomic mass is 10.5. The Morgan fingerprint density at radius 2 is 2.41 bits per heavy atom. The molecule has 0 saturated carbocycles. The van der Waals surface area contributed by atoms with Gasteiger partial charge in [0.2, 0.25) is 0 Å². The first-order valence-corrected chi connectivity index (χ1v) is 6.58. The van der Waals surface area contributed by atoms with Crippen LogP contribution in [0, 0.1) is 0 Å². The van der Waals surface area contributed by atoms with Crippen molar-refractivity contribution in [1.82, 2.24) is 10.2 Å². The highest BCUT2D eigenvalue weighted by Crippen LogP contribution is 2.28. The molecule has 0 aliphatic rings. The lowest BCUT2D eigenvalue weighted by Crippen LogP contribution is -2.14. The topological polar surface area (TPSA) is 65.2 Å². The van der Waals surface area contributed by atoms with E-state index in [1.165, 1.54) is 30.2 Å². The molecule has 0 radical (unpaired) electrons. The van der Waals surface area contributed by atoms with E-state index < -0.39 is 0 Å². The van der Waals surface area contributed by atoms with Gasteiger partial charge in [-0.25, -0.2) is 0 Å². The molecule has 2 rings (SSSR count). The van der Waals surface area contributed by atoms with E-state index in [1.807, 2.05) is 17.5 Å². The van der Waals surface area contributed by atoms with Crippen molar-refractivity contribution >= 4 is 29.1 Å². The van der Waals surface area contributed by atoms with Gasteiger partial charge >= 0.3 is 5.97 Å². The fraction of sp³-hybridized carbons (Fsp3) is 0.300. The molecule has 7 heteroatoms. The highest BCUT2D eigenvalue weighted by atomic mass is 32.2. The van der Waals surface area contributed by atoms with Crippen molar-refractivity contribution in [3.8, 4) is 10.8 Å². The first-order chi connectivity index (χ1) is 8.20. The fourth-order valence-corrected chi connectivity index (χ4v) is 2.48. The second-order valence-corrected chi connectivity index (χ2v) is 5.37. The van der Waals surface area contributed by atoms with Crippen LogP contribution in [0.15, 0.2) is 27.2 Å². The first-order valence-electron chi connectivity index (χ1n) is 4.82. The van der Waals surface area contributed by atoms with E-state index in [4.69, 9.17) is 4.42 Å². The van der Waals surface area contributed by atoms with Gasteiger partial charge in [0.05, 0.1) is 12.0 Å². The predicted molar refractivity (Wildman–Crippen MR) is 64.9 cm³/mol. The van der Waals surface area contributed by atoms with Crippen LogP contribution < -0.4 is 0 Å².